The molecule has 0 saturated carbocycles. The molecular weight excluding hydrogens is 338 g/mol. The maximum atomic E-state index is 12.5. The molecule has 1 aromatic carbocycles. The van der Waals surface area contributed by atoms with Crippen molar-refractivity contribution < 1.29 is 9.53 Å². The van der Waals surface area contributed by atoms with E-state index in [-0.39, 0.29) is 17.8 Å². The highest BCUT2D eigenvalue weighted by molar-refractivity contribution is 6.30. The monoisotopic (exact) mass is 357 g/mol. The smallest absolute Gasteiger partial charge is 0.222 e. The zero-order valence-electron chi connectivity index (χ0n) is 13.9. The summed E-state index contributed by atoms with van der Waals surface area (Å²) in [5, 5.41) is 3.93. The maximum absolute atomic E-state index is 12.5. The van der Waals surface area contributed by atoms with Gasteiger partial charge in [0.15, 0.2) is 5.78 Å². The van der Waals surface area contributed by atoms with Gasteiger partial charge in [0, 0.05) is 30.8 Å². The first-order valence-corrected chi connectivity index (χ1v) is 9.07. The third-order valence-corrected chi connectivity index (χ3v) is 5.11. The van der Waals surface area contributed by atoms with Crippen LogP contribution >= 0.6 is 11.6 Å². The minimum absolute atomic E-state index is 0.0944. The lowest BCUT2D eigenvalue weighted by molar-refractivity contribution is 0.0962. The molecule has 0 amide bonds. The number of halogens is 1. The number of carbonyl (C=O) groups is 1. The van der Waals surface area contributed by atoms with Crippen molar-refractivity contribution in [3.8, 4) is 0 Å². The second kappa shape index (κ2) is 7.10. The van der Waals surface area contributed by atoms with Crippen LogP contribution in [0, 0.1) is 0 Å². The zero-order valence-corrected chi connectivity index (χ0v) is 14.6. The third kappa shape index (κ3) is 3.67. The van der Waals surface area contributed by atoms with Crippen LogP contribution in [0.3, 0.4) is 0 Å². The lowest BCUT2D eigenvalue weighted by atomic mass is 9.82. The van der Waals surface area contributed by atoms with E-state index >= 15 is 0 Å². The molecule has 2 heterocycles. The molecule has 0 radical (unpaired) electrons. The largest absolute Gasteiger partial charge is 0.376 e. The minimum Gasteiger partial charge on any atom is -0.376 e. The number of hydrogen-bond acceptors (Lipinski definition) is 5. The number of Topliss-reactive ketones (excluding diaryl/α,β-unsaturated/α-hetero) is 1. The number of carbonyl (C=O) groups excluding carboxylic acids is 1. The van der Waals surface area contributed by atoms with Crippen molar-refractivity contribution in [2.24, 2.45) is 0 Å². The fraction of sp³-hybridized carbons (Fsp3) is 0.421. The van der Waals surface area contributed by atoms with Crippen LogP contribution in [-0.4, -0.2) is 35.0 Å². The van der Waals surface area contributed by atoms with Gasteiger partial charge in [0.25, 0.3) is 0 Å². The molecule has 1 aliphatic heterocycles. The quantitative estimate of drug-likeness (QED) is 0.905. The highest BCUT2D eigenvalue weighted by Gasteiger charge is 2.28. The number of aromatic nitrogens is 2. The molecule has 0 unspecified atom stereocenters. The number of benzene rings is 1. The molecule has 1 saturated heterocycles. The Morgan fingerprint density at radius 3 is 3.04 bits per heavy atom. The second-order valence-corrected chi connectivity index (χ2v) is 7.09. The summed E-state index contributed by atoms with van der Waals surface area (Å²) in [4.78, 5) is 21.4. The van der Waals surface area contributed by atoms with E-state index in [1.54, 1.807) is 6.20 Å². The zero-order chi connectivity index (χ0) is 17.2. The summed E-state index contributed by atoms with van der Waals surface area (Å²) in [6.07, 6.45) is 5.23. The molecule has 2 atom stereocenters. The number of ketones is 1. The van der Waals surface area contributed by atoms with Gasteiger partial charge in [0.1, 0.15) is 0 Å². The molecule has 2 aromatic rings. The summed E-state index contributed by atoms with van der Waals surface area (Å²) >= 11 is 6.10. The predicted octanol–water partition coefficient (Wildman–Crippen LogP) is 3.63. The molecule has 0 spiro atoms. The van der Waals surface area contributed by atoms with Gasteiger partial charge in [-0.1, -0.05) is 23.7 Å². The van der Waals surface area contributed by atoms with Crippen LogP contribution < -0.4 is 5.32 Å². The minimum atomic E-state index is 0.0944. The number of anilines is 1. The molecule has 1 fully saturated rings. The van der Waals surface area contributed by atoms with Gasteiger partial charge in [-0.3, -0.25) is 4.79 Å². The summed E-state index contributed by atoms with van der Waals surface area (Å²) in [6, 6.07) is 7.72. The molecule has 1 aliphatic carbocycles. The van der Waals surface area contributed by atoms with E-state index < -0.39 is 0 Å². The van der Waals surface area contributed by atoms with Crippen molar-refractivity contribution >= 4 is 23.3 Å². The van der Waals surface area contributed by atoms with E-state index in [1.165, 1.54) is 0 Å². The van der Waals surface area contributed by atoms with Gasteiger partial charge in [-0.15, -0.1) is 0 Å². The Bertz CT molecular complexity index is 790. The fourth-order valence-electron chi connectivity index (χ4n) is 3.54. The Morgan fingerprint density at radius 1 is 1.32 bits per heavy atom. The molecule has 6 heteroatoms. The summed E-state index contributed by atoms with van der Waals surface area (Å²) < 4.78 is 5.61. The second-order valence-electron chi connectivity index (χ2n) is 6.65. The number of nitrogens with zero attached hydrogens (tertiary/aromatic N) is 2. The number of nitrogens with one attached hydrogen (secondary N) is 1. The van der Waals surface area contributed by atoms with Gasteiger partial charge < -0.3 is 10.1 Å². The molecular formula is C19H20ClN3O2. The molecule has 25 heavy (non-hydrogen) atoms. The van der Waals surface area contributed by atoms with Crippen LogP contribution in [0.15, 0.2) is 30.5 Å². The van der Waals surface area contributed by atoms with Crippen LogP contribution in [0.25, 0.3) is 0 Å². The summed E-state index contributed by atoms with van der Waals surface area (Å²) in [5.41, 5.74) is 2.53. The topological polar surface area (TPSA) is 64.1 Å². The van der Waals surface area contributed by atoms with Crippen molar-refractivity contribution in [2.45, 2.75) is 37.7 Å². The van der Waals surface area contributed by atoms with Gasteiger partial charge in [0.2, 0.25) is 5.95 Å². The highest BCUT2D eigenvalue weighted by Crippen LogP contribution is 2.33. The number of rotatable bonds is 4. The Balaban J connectivity index is 1.52. The molecule has 0 bridgehead atoms. The van der Waals surface area contributed by atoms with E-state index in [4.69, 9.17) is 16.3 Å². The van der Waals surface area contributed by atoms with Crippen molar-refractivity contribution in [3.05, 3.63) is 52.3 Å². The van der Waals surface area contributed by atoms with Gasteiger partial charge in [-0.05, 0) is 42.9 Å². The van der Waals surface area contributed by atoms with Crippen LogP contribution in [0.1, 0.15) is 46.8 Å². The predicted molar refractivity (Wildman–Crippen MR) is 96.3 cm³/mol. The average Bonchev–Trinajstić information content (AvgIpc) is 3.13. The summed E-state index contributed by atoms with van der Waals surface area (Å²) in [5.74, 6) is 0.769. The van der Waals surface area contributed by atoms with E-state index in [9.17, 15) is 4.79 Å². The number of hydrogen-bond donors (Lipinski definition) is 1. The lowest BCUT2D eigenvalue weighted by Gasteiger charge is -2.23. The van der Waals surface area contributed by atoms with E-state index in [0.717, 1.165) is 37.1 Å². The Morgan fingerprint density at radius 2 is 2.24 bits per heavy atom. The molecule has 1 aromatic heterocycles. The van der Waals surface area contributed by atoms with Crippen LogP contribution in [0.2, 0.25) is 5.02 Å². The number of fused-ring (bicyclic) bond motifs is 1. The van der Waals surface area contributed by atoms with Gasteiger partial charge >= 0.3 is 0 Å². The SMILES string of the molecule is O=C1C[C@@H](c2cccc(Cl)c2)Cc2nc(NC[C@H]3CCCO3)ncc21. The molecule has 5 nitrogen and oxygen atoms in total. The van der Waals surface area contributed by atoms with E-state index in [1.807, 2.05) is 24.3 Å². The molecule has 4 rings (SSSR count). The van der Waals surface area contributed by atoms with Crippen LogP contribution in [0.4, 0.5) is 5.95 Å². The van der Waals surface area contributed by atoms with Gasteiger partial charge in [-0.25, -0.2) is 9.97 Å². The van der Waals surface area contributed by atoms with Crippen LogP contribution in [-0.2, 0) is 11.2 Å². The molecule has 130 valence electrons. The maximum Gasteiger partial charge on any atom is 0.222 e. The average molecular weight is 358 g/mol. The first-order chi connectivity index (χ1) is 12.2. The van der Waals surface area contributed by atoms with Crippen molar-refractivity contribution in [1.29, 1.82) is 0 Å². The fourth-order valence-corrected chi connectivity index (χ4v) is 3.74. The van der Waals surface area contributed by atoms with Gasteiger partial charge in [0.05, 0.1) is 17.4 Å². The first-order valence-electron chi connectivity index (χ1n) is 8.69. The van der Waals surface area contributed by atoms with E-state index in [2.05, 4.69) is 15.3 Å². The first kappa shape index (κ1) is 16.5. The van der Waals surface area contributed by atoms with Crippen molar-refractivity contribution in [1.82, 2.24) is 9.97 Å². The highest BCUT2D eigenvalue weighted by atomic mass is 35.5. The molecule has 1 N–H and O–H groups in total. The van der Waals surface area contributed by atoms with Gasteiger partial charge in [-0.2, -0.15) is 0 Å². The Kier molecular flexibility index (Phi) is 4.68. The Hall–Kier alpha value is -1.98. The van der Waals surface area contributed by atoms with E-state index in [0.29, 0.717) is 29.5 Å². The summed E-state index contributed by atoms with van der Waals surface area (Å²) in [7, 11) is 0. The van der Waals surface area contributed by atoms with Crippen LogP contribution in [0.5, 0.6) is 0 Å². The van der Waals surface area contributed by atoms with Crippen molar-refractivity contribution in [3.63, 3.8) is 0 Å². The number of ether oxygens (including phenoxy) is 1. The molecule has 2 aliphatic rings. The Labute approximate surface area is 151 Å². The third-order valence-electron chi connectivity index (χ3n) is 4.87. The van der Waals surface area contributed by atoms with Crippen molar-refractivity contribution in [2.75, 3.05) is 18.5 Å². The summed E-state index contributed by atoms with van der Waals surface area (Å²) in [6.45, 7) is 1.53. The lowest BCUT2D eigenvalue weighted by Crippen LogP contribution is -2.23. The standard InChI is InChI=1S/C19H20ClN3O2/c20-14-4-1-3-12(7-14)13-8-17-16(18(24)9-13)11-22-19(23-17)21-10-15-5-2-6-25-15/h1,3-4,7,11,13,15H,2,5-6,8-10H2,(H,21,22,23)/t13-,15+/m0/s1. The normalized spacial score (nSPS) is 22.7.